The highest BCUT2D eigenvalue weighted by molar-refractivity contribution is 6.30. The minimum atomic E-state index is -0.285. The van der Waals surface area contributed by atoms with E-state index in [1.165, 1.54) is 0 Å². The Labute approximate surface area is 189 Å². The molecule has 172 valence electrons. The van der Waals surface area contributed by atoms with E-state index in [-0.39, 0.29) is 47.1 Å². The molecule has 6 heteroatoms. The second-order valence-corrected chi connectivity index (χ2v) is 9.63. The molecule has 0 atom stereocenters. The van der Waals surface area contributed by atoms with E-state index in [0.717, 1.165) is 0 Å². The van der Waals surface area contributed by atoms with Crippen LogP contribution < -0.4 is 9.47 Å². The second-order valence-electron chi connectivity index (χ2n) is 9.63. The highest BCUT2D eigenvalue weighted by atomic mass is 16.5. The van der Waals surface area contributed by atoms with Crippen molar-refractivity contribution in [2.45, 2.75) is 52.7 Å². The number of benzene rings is 2. The molecule has 1 aliphatic rings. The summed E-state index contributed by atoms with van der Waals surface area (Å²) in [6.45, 7) is 13.1. The number of hydrogen-bond donors (Lipinski definition) is 0. The van der Waals surface area contributed by atoms with Crippen molar-refractivity contribution in [2.75, 3.05) is 26.4 Å². The molecule has 0 saturated heterocycles. The molecule has 3 rings (SSSR count). The zero-order chi connectivity index (χ0) is 23.5. The van der Waals surface area contributed by atoms with Gasteiger partial charge in [-0.2, -0.15) is 0 Å². The Hall–Kier alpha value is -2.70. The predicted octanol–water partition coefficient (Wildman–Crippen LogP) is 4.85. The number of carbonyl (C=O) groups is 2. The van der Waals surface area contributed by atoms with Gasteiger partial charge < -0.3 is 18.9 Å². The van der Waals surface area contributed by atoms with Crippen molar-refractivity contribution in [2.24, 2.45) is 0 Å². The lowest BCUT2D eigenvalue weighted by Crippen LogP contribution is -2.25. The van der Waals surface area contributed by atoms with Gasteiger partial charge in [0.15, 0.2) is 5.78 Å². The van der Waals surface area contributed by atoms with Gasteiger partial charge in [0.1, 0.15) is 24.7 Å². The third kappa shape index (κ3) is 5.75. The second kappa shape index (κ2) is 9.43. The Morgan fingerprint density at radius 1 is 0.594 bits per heavy atom. The molecule has 1 aliphatic carbocycles. The third-order valence-corrected chi connectivity index (χ3v) is 4.75. The molecule has 0 aromatic heterocycles. The van der Waals surface area contributed by atoms with Crippen molar-refractivity contribution in [3.05, 3.63) is 58.7 Å². The summed E-state index contributed by atoms with van der Waals surface area (Å²) in [6, 6.07) is 10.2. The molecule has 6 nitrogen and oxygen atoms in total. The van der Waals surface area contributed by atoms with Crippen LogP contribution in [0.2, 0.25) is 0 Å². The first kappa shape index (κ1) is 24.0. The molecule has 0 amide bonds. The summed E-state index contributed by atoms with van der Waals surface area (Å²) in [7, 11) is 0. The van der Waals surface area contributed by atoms with Crippen LogP contribution in [0.4, 0.5) is 0 Å². The topological polar surface area (TPSA) is 71.1 Å². The number of ether oxygens (including phenoxy) is 4. The van der Waals surface area contributed by atoms with E-state index < -0.39 is 0 Å². The van der Waals surface area contributed by atoms with E-state index in [1.807, 2.05) is 41.5 Å². The molecule has 2 aromatic carbocycles. The van der Waals surface area contributed by atoms with E-state index in [1.54, 1.807) is 36.4 Å². The molecule has 0 heterocycles. The van der Waals surface area contributed by atoms with Crippen molar-refractivity contribution in [3.63, 3.8) is 0 Å². The van der Waals surface area contributed by atoms with Crippen LogP contribution in [0.5, 0.6) is 11.5 Å². The lowest BCUT2D eigenvalue weighted by molar-refractivity contribution is -0.0164. The van der Waals surface area contributed by atoms with E-state index in [9.17, 15) is 9.59 Å². The molecule has 0 fully saturated rings. The number of fused-ring (bicyclic) bond motifs is 2. The van der Waals surface area contributed by atoms with E-state index in [2.05, 4.69) is 0 Å². The number of ketones is 2. The number of rotatable bonds is 8. The monoisotopic (exact) mass is 440 g/mol. The maximum absolute atomic E-state index is 13.5. The molecular formula is C26H32O6. The van der Waals surface area contributed by atoms with Gasteiger partial charge in [-0.1, -0.05) is 24.3 Å². The summed E-state index contributed by atoms with van der Waals surface area (Å²) in [5.74, 6) is 0.237. The van der Waals surface area contributed by atoms with E-state index >= 15 is 0 Å². The van der Waals surface area contributed by atoms with Gasteiger partial charge in [-0.25, -0.2) is 0 Å². The first-order valence-corrected chi connectivity index (χ1v) is 10.9. The fourth-order valence-corrected chi connectivity index (χ4v) is 3.42. The van der Waals surface area contributed by atoms with Crippen LogP contribution in [0.15, 0.2) is 36.4 Å². The van der Waals surface area contributed by atoms with Gasteiger partial charge in [-0.15, -0.1) is 0 Å². The summed E-state index contributed by atoms with van der Waals surface area (Å²) in [4.78, 5) is 26.7. The lowest BCUT2D eigenvalue weighted by atomic mass is 9.83. The van der Waals surface area contributed by atoms with Gasteiger partial charge in [-0.05, 0) is 53.7 Å². The van der Waals surface area contributed by atoms with Gasteiger partial charge in [-0.3, -0.25) is 9.59 Å². The van der Waals surface area contributed by atoms with Gasteiger partial charge in [0, 0.05) is 11.1 Å². The van der Waals surface area contributed by atoms with Crippen molar-refractivity contribution in [3.8, 4) is 11.5 Å². The molecular weight excluding hydrogens is 408 g/mol. The normalized spacial score (nSPS) is 13.6. The van der Waals surface area contributed by atoms with Crippen LogP contribution in [0.25, 0.3) is 0 Å². The van der Waals surface area contributed by atoms with Crippen molar-refractivity contribution >= 4 is 11.6 Å². The Morgan fingerprint density at radius 3 is 1.38 bits per heavy atom. The smallest absolute Gasteiger partial charge is 0.201 e. The first-order valence-electron chi connectivity index (χ1n) is 10.9. The predicted molar refractivity (Wildman–Crippen MR) is 122 cm³/mol. The molecule has 0 bridgehead atoms. The molecule has 2 aromatic rings. The quantitative estimate of drug-likeness (QED) is 0.466. The maximum Gasteiger partial charge on any atom is 0.201 e. The van der Waals surface area contributed by atoms with Gasteiger partial charge in [0.2, 0.25) is 5.78 Å². The Kier molecular flexibility index (Phi) is 7.06. The van der Waals surface area contributed by atoms with Crippen molar-refractivity contribution in [1.82, 2.24) is 0 Å². The summed E-state index contributed by atoms with van der Waals surface area (Å²) in [5.41, 5.74) is 0.640. The maximum atomic E-state index is 13.5. The molecule has 0 N–H and O–H groups in total. The highest BCUT2D eigenvalue weighted by Gasteiger charge is 2.34. The number of hydrogen-bond acceptors (Lipinski definition) is 6. The summed E-state index contributed by atoms with van der Waals surface area (Å²) < 4.78 is 23.1. The summed E-state index contributed by atoms with van der Waals surface area (Å²) in [5, 5.41) is 0. The Balaban J connectivity index is 1.83. The minimum absolute atomic E-state index is 0.220. The van der Waals surface area contributed by atoms with Crippen LogP contribution in [-0.2, 0) is 9.47 Å². The van der Waals surface area contributed by atoms with Crippen LogP contribution >= 0.6 is 0 Å². The molecule has 0 unspecified atom stereocenters. The summed E-state index contributed by atoms with van der Waals surface area (Å²) >= 11 is 0. The standard InChI is InChI=1S/C26H32O6/c1-25(2,3)31-15-13-29-19-11-7-9-17-21(19)24(28)22-18(23(17)27)10-8-12-20(22)30-14-16-32-26(4,5)6/h7-12H,13-16H2,1-6H3. The van der Waals surface area contributed by atoms with Crippen LogP contribution in [0.3, 0.4) is 0 Å². The minimum Gasteiger partial charge on any atom is -0.490 e. The molecule has 0 aliphatic heterocycles. The Morgan fingerprint density at radius 2 is 1.00 bits per heavy atom. The number of carbonyl (C=O) groups excluding carboxylic acids is 2. The van der Waals surface area contributed by atoms with Gasteiger partial charge in [0.05, 0.1) is 35.5 Å². The van der Waals surface area contributed by atoms with E-state index in [4.69, 9.17) is 18.9 Å². The molecule has 0 radical (unpaired) electrons. The fourth-order valence-electron chi connectivity index (χ4n) is 3.42. The van der Waals surface area contributed by atoms with Crippen LogP contribution in [-0.4, -0.2) is 49.2 Å². The lowest BCUT2D eigenvalue weighted by Gasteiger charge is -2.23. The van der Waals surface area contributed by atoms with Gasteiger partial charge in [0.25, 0.3) is 0 Å². The fraction of sp³-hybridized carbons (Fsp3) is 0.462. The zero-order valence-corrected chi connectivity index (χ0v) is 19.7. The zero-order valence-electron chi connectivity index (χ0n) is 19.7. The van der Waals surface area contributed by atoms with Gasteiger partial charge >= 0.3 is 0 Å². The average molecular weight is 441 g/mol. The first-order chi connectivity index (χ1) is 15.0. The average Bonchev–Trinajstić information content (AvgIpc) is 2.71. The van der Waals surface area contributed by atoms with Crippen LogP contribution in [0, 0.1) is 0 Å². The molecule has 0 spiro atoms. The molecule has 32 heavy (non-hydrogen) atoms. The van der Waals surface area contributed by atoms with Crippen molar-refractivity contribution in [1.29, 1.82) is 0 Å². The summed E-state index contributed by atoms with van der Waals surface area (Å²) in [6.07, 6.45) is 0. The van der Waals surface area contributed by atoms with Crippen LogP contribution in [0.1, 0.15) is 73.4 Å². The third-order valence-electron chi connectivity index (χ3n) is 4.75. The Bertz CT molecular complexity index is 917. The molecule has 0 saturated carbocycles. The van der Waals surface area contributed by atoms with Crippen molar-refractivity contribution < 1.29 is 28.5 Å². The van der Waals surface area contributed by atoms with E-state index in [0.29, 0.717) is 35.8 Å². The SMILES string of the molecule is CC(C)(C)OCCOc1cccc2c1C(=O)c1c(OCCOC(C)(C)C)cccc1C2=O. The highest BCUT2D eigenvalue weighted by Crippen LogP contribution is 2.37. The largest absolute Gasteiger partial charge is 0.490 e.